The maximum Gasteiger partial charge on any atom is 0.262 e. The fourth-order valence-corrected chi connectivity index (χ4v) is 2.91. The number of hydrogen-bond acceptors (Lipinski definition) is 5. The third-order valence-corrected chi connectivity index (χ3v) is 4.33. The number of hydrogen-bond donors (Lipinski definition) is 2. The van der Waals surface area contributed by atoms with Crippen molar-refractivity contribution < 1.29 is 4.79 Å². The maximum atomic E-state index is 12.4. The van der Waals surface area contributed by atoms with Gasteiger partial charge in [0.05, 0.1) is 17.6 Å². The van der Waals surface area contributed by atoms with Crippen LogP contribution in [0.1, 0.15) is 17.4 Å². The van der Waals surface area contributed by atoms with Gasteiger partial charge in [-0.05, 0) is 19.4 Å². The number of aryl methyl sites for hydroxylation is 2. The fraction of sp³-hybridized carbons (Fsp3) is 0.417. The minimum absolute atomic E-state index is 0.108. The minimum atomic E-state index is -0.387. The Morgan fingerprint density at radius 1 is 1.58 bits per heavy atom. The summed E-state index contributed by atoms with van der Waals surface area (Å²) in [5.74, 6) is 4.39. The highest BCUT2D eigenvalue weighted by Gasteiger charge is 2.16. The van der Waals surface area contributed by atoms with E-state index in [9.17, 15) is 9.59 Å². The van der Waals surface area contributed by atoms with Gasteiger partial charge in [-0.3, -0.25) is 19.6 Å². The maximum absolute atomic E-state index is 12.4. The number of fused-ring (bicyclic) bond motifs is 1. The van der Waals surface area contributed by atoms with Crippen molar-refractivity contribution in [2.75, 3.05) is 0 Å². The molecule has 2 heterocycles. The summed E-state index contributed by atoms with van der Waals surface area (Å²) in [6.07, 6.45) is 1.49. The Kier molecular flexibility index (Phi) is 3.68. The van der Waals surface area contributed by atoms with Crippen LogP contribution in [-0.4, -0.2) is 15.5 Å². The third kappa shape index (κ3) is 2.39. The van der Waals surface area contributed by atoms with Crippen molar-refractivity contribution in [3.8, 4) is 0 Å². The van der Waals surface area contributed by atoms with Gasteiger partial charge in [-0.2, -0.15) is 0 Å². The molecule has 0 bridgehead atoms. The molecule has 0 saturated carbocycles. The average Bonchev–Trinajstić information content (AvgIpc) is 2.68. The quantitative estimate of drug-likeness (QED) is 0.492. The molecule has 0 spiro atoms. The first-order chi connectivity index (χ1) is 8.95. The van der Waals surface area contributed by atoms with Gasteiger partial charge in [-0.15, -0.1) is 11.3 Å². The standard InChI is InChI=1S/C12H16N4O2S/c1-6(10(17)15-13)4-16-5-14-11-9(12(16)18)7(2)8(3)19-11/h5-6H,4,13H2,1-3H3,(H,15,17). The van der Waals surface area contributed by atoms with Crippen molar-refractivity contribution in [1.29, 1.82) is 0 Å². The van der Waals surface area contributed by atoms with Crippen LogP contribution in [0.15, 0.2) is 11.1 Å². The van der Waals surface area contributed by atoms with Gasteiger partial charge < -0.3 is 0 Å². The molecule has 1 unspecified atom stereocenters. The van der Waals surface area contributed by atoms with Crippen LogP contribution in [0.2, 0.25) is 0 Å². The molecule has 0 radical (unpaired) electrons. The largest absolute Gasteiger partial charge is 0.298 e. The molecule has 102 valence electrons. The number of carbonyl (C=O) groups excluding carboxylic acids is 1. The van der Waals surface area contributed by atoms with Gasteiger partial charge in [0.15, 0.2) is 0 Å². The van der Waals surface area contributed by atoms with Crippen molar-refractivity contribution in [2.45, 2.75) is 27.3 Å². The van der Waals surface area contributed by atoms with E-state index in [-0.39, 0.29) is 23.9 Å². The number of carbonyl (C=O) groups is 1. The molecule has 3 N–H and O–H groups in total. The van der Waals surface area contributed by atoms with Crippen LogP contribution >= 0.6 is 11.3 Å². The zero-order valence-electron chi connectivity index (χ0n) is 11.1. The molecule has 1 amide bonds. The Bertz CT molecular complexity index is 689. The monoisotopic (exact) mass is 280 g/mol. The van der Waals surface area contributed by atoms with Gasteiger partial charge in [0.1, 0.15) is 4.83 Å². The van der Waals surface area contributed by atoms with E-state index in [0.29, 0.717) is 5.39 Å². The van der Waals surface area contributed by atoms with Gasteiger partial charge in [0.2, 0.25) is 5.91 Å². The first-order valence-electron chi connectivity index (χ1n) is 5.91. The van der Waals surface area contributed by atoms with Gasteiger partial charge >= 0.3 is 0 Å². The zero-order chi connectivity index (χ0) is 14.2. The second-order valence-electron chi connectivity index (χ2n) is 4.58. The predicted octanol–water partition coefficient (Wildman–Crippen LogP) is 0.701. The number of rotatable bonds is 3. The van der Waals surface area contributed by atoms with Crippen LogP contribution in [0.5, 0.6) is 0 Å². The molecule has 0 aliphatic rings. The summed E-state index contributed by atoms with van der Waals surface area (Å²) in [4.78, 5) is 29.9. The van der Waals surface area contributed by atoms with E-state index in [4.69, 9.17) is 5.84 Å². The van der Waals surface area contributed by atoms with Crippen LogP contribution in [-0.2, 0) is 11.3 Å². The average molecular weight is 280 g/mol. The van der Waals surface area contributed by atoms with Crippen molar-refractivity contribution in [2.24, 2.45) is 11.8 Å². The molecule has 2 aromatic heterocycles. The van der Waals surface area contributed by atoms with Gasteiger partial charge in [0.25, 0.3) is 5.56 Å². The first-order valence-corrected chi connectivity index (χ1v) is 6.73. The topological polar surface area (TPSA) is 90.0 Å². The van der Waals surface area contributed by atoms with E-state index in [1.54, 1.807) is 6.92 Å². The fourth-order valence-electron chi connectivity index (χ4n) is 1.92. The number of hydrazine groups is 1. The Morgan fingerprint density at radius 3 is 2.89 bits per heavy atom. The smallest absolute Gasteiger partial charge is 0.262 e. The molecule has 0 saturated heterocycles. The van der Waals surface area contributed by atoms with Crippen LogP contribution in [0.4, 0.5) is 0 Å². The summed E-state index contributed by atoms with van der Waals surface area (Å²) in [7, 11) is 0. The molecule has 2 aromatic rings. The molecule has 19 heavy (non-hydrogen) atoms. The van der Waals surface area contributed by atoms with Gasteiger partial charge in [0, 0.05) is 11.4 Å². The first kappa shape index (κ1) is 13.7. The Morgan fingerprint density at radius 2 is 2.26 bits per heavy atom. The lowest BCUT2D eigenvalue weighted by molar-refractivity contribution is -0.124. The normalized spacial score (nSPS) is 12.6. The number of nitrogens with two attached hydrogens (primary N) is 1. The highest BCUT2D eigenvalue weighted by molar-refractivity contribution is 7.18. The molecule has 2 rings (SSSR count). The summed E-state index contributed by atoms with van der Waals surface area (Å²) in [6.45, 7) is 5.86. The summed E-state index contributed by atoms with van der Waals surface area (Å²) >= 11 is 1.51. The summed E-state index contributed by atoms with van der Waals surface area (Å²) in [6, 6.07) is 0. The van der Waals surface area contributed by atoms with Crippen molar-refractivity contribution in [3.05, 3.63) is 27.1 Å². The molecule has 7 heteroatoms. The number of aromatic nitrogens is 2. The molecular formula is C12H16N4O2S. The lowest BCUT2D eigenvalue weighted by atomic mass is 10.1. The van der Waals surface area contributed by atoms with E-state index >= 15 is 0 Å². The summed E-state index contributed by atoms with van der Waals surface area (Å²) < 4.78 is 1.46. The van der Waals surface area contributed by atoms with Crippen LogP contribution in [0, 0.1) is 19.8 Å². The predicted molar refractivity (Wildman–Crippen MR) is 74.8 cm³/mol. The number of nitrogens with zero attached hydrogens (tertiary/aromatic N) is 2. The van der Waals surface area contributed by atoms with Crippen molar-refractivity contribution in [3.63, 3.8) is 0 Å². The van der Waals surface area contributed by atoms with E-state index in [1.807, 2.05) is 13.8 Å². The van der Waals surface area contributed by atoms with Crippen molar-refractivity contribution >= 4 is 27.5 Å². The van der Waals surface area contributed by atoms with E-state index in [2.05, 4.69) is 10.4 Å². The molecule has 0 aliphatic carbocycles. The second kappa shape index (κ2) is 5.10. The molecule has 0 aromatic carbocycles. The Hall–Kier alpha value is -1.73. The highest BCUT2D eigenvalue weighted by Crippen LogP contribution is 2.25. The lowest BCUT2D eigenvalue weighted by Crippen LogP contribution is -2.37. The van der Waals surface area contributed by atoms with Gasteiger partial charge in [-0.1, -0.05) is 6.92 Å². The number of amides is 1. The van der Waals surface area contributed by atoms with E-state index in [1.165, 1.54) is 22.2 Å². The zero-order valence-corrected chi connectivity index (χ0v) is 11.9. The summed E-state index contributed by atoms with van der Waals surface area (Å²) in [5.41, 5.74) is 2.94. The Balaban J connectivity index is 2.46. The number of nitrogens with one attached hydrogen (secondary N) is 1. The molecule has 0 fully saturated rings. The summed E-state index contributed by atoms with van der Waals surface area (Å²) in [5, 5.41) is 0.644. The van der Waals surface area contributed by atoms with Crippen LogP contribution < -0.4 is 16.8 Å². The van der Waals surface area contributed by atoms with Crippen LogP contribution in [0.3, 0.4) is 0 Å². The van der Waals surface area contributed by atoms with E-state index in [0.717, 1.165) is 15.3 Å². The van der Waals surface area contributed by atoms with Gasteiger partial charge in [-0.25, -0.2) is 10.8 Å². The molecule has 1 atom stereocenters. The van der Waals surface area contributed by atoms with Crippen LogP contribution in [0.25, 0.3) is 10.2 Å². The molecular weight excluding hydrogens is 264 g/mol. The molecule has 0 aliphatic heterocycles. The highest BCUT2D eigenvalue weighted by atomic mass is 32.1. The van der Waals surface area contributed by atoms with Crippen molar-refractivity contribution in [1.82, 2.24) is 15.0 Å². The van der Waals surface area contributed by atoms with E-state index < -0.39 is 0 Å². The second-order valence-corrected chi connectivity index (χ2v) is 5.78. The Labute approximate surface area is 114 Å². The number of thiophene rings is 1. The SMILES string of the molecule is Cc1sc2ncn(CC(C)C(=O)NN)c(=O)c2c1C. The third-order valence-electron chi connectivity index (χ3n) is 3.22. The minimum Gasteiger partial charge on any atom is -0.298 e. The molecule has 6 nitrogen and oxygen atoms in total. The lowest BCUT2D eigenvalue weighted by Gasteiger charge is -2.11.